The second kappa shape index (κ2) is 4.92. The van der Waals surface area contributed by atoms with Crippen LogP contribution in [0.3, 0.4) is 0 Å². The first-order valence-electron chi connectivity index (χ1n) is 6.35. The number of amidine groups is 1. The van der Waals surface area contributed by atoms with Gasteiger partial charge in [0.1, 0.15) is 4.90 Å². The van der Waals surface area contributed by atoms with Crippen molar-refractivity contribution in [1.29, 1.82) is 0 Å². The van der Waals surface area contributed by atoms with Crippen LogP contribution in [0.2, 0.25) is 0 Å². The molecule has 0 fully saturated rings. The number of nitro groups is 1. The van der Waals surface area contributed by atoms with Crippen LogP contribution in [0.25, 0.3) is 0 Å². The van der Waals surface area contributed by atoms with Crippen LogP contribution in [0.1, 0.15) is 11.1 Å². The molecule has 0 radical (unpaired) electrons. The first kappa shape index (κ1) is 14.2. The predicted octanol–water partition coefficient (Wildman–Crippen LogP) is 2.46. The summed E-state index contributed by atoms with van der Waals surface area (Å²) in [5.41, 5.74) is 1.56. The third-order valence-corrected chi connectivity index (χ3v) is 4.65. The molecule has 8 heteroatoms. The van der Waals surface area contributed by atoms with Crippen molar-refractivity contribution >= 4 is 27.2 Å². The molecule has 1 N–H and O–H groups in total. The number of hydrogen-bond donors (Lipinski definition) is 1. The Labute approximate surface area is 126 Å². The van der Waals surface area contributed by atoms with Crippen molar-refractivity contribution in [2.75, 3.05) is 5.32 Å². The topological polar surface area (TPSA) is 102 Å². The normalized spacial score (nSPS) is 15.0. The zero-order chi connectivity index (χ0) is 15.9. The highest BCUT2D eigenvalue weighted by Crippen LogP contribution is 2.28. The predicted molar refractivity (Wildman–Crippen MR) is 81.6 cm³/mol. The summed E-state index contributed by atoms with van der Waals surface area (Å²) in [5, 5.41) is 13.7. The number of non-ortho nitro benzene ring substituents is 1. The summed E-state index contributed by atoms with van der Waals surface area (Å²) >= 11 is 0. The molecule has 2 aromatic carbocycles. The van der Waals surface area contributed by atoms with Gasteiger partial charge in [-0.15, -0.1) is 4.40 Å². The van der Waals surface area contributed by atoms with Crippen LogP contribution in [0.5, 0.6) is 0 Å². The first-order valence-corrected chi connectivity index (χ1v) is 7.79. The fourth-order valence-corrected chi connectivity index (χ4v) is 3.36. The maximum absolute atomic E-state index is 12.0. The number of fused-ring (bicyclic) bond motifs is 1. The molecule has 7 nitrogen and oxygen atoms in total. The summed E-state index contributed by atoms with van der Waals surface area (Å²) in [4.78, 5) is 10.5. The summed E-state index contributed by atoms with van der Waals surface area (Å²) in [6, 6.07) is 10.8. The fraction of sp³-hybridized carbons (Fsp3) is 0.0714. The molecule has 0 spiro atoms. The van der Waals surface area contributed by atoms with Gasteiger partial charge < -0.3 is 5.32 Å². The zero-order valence-electron chi connectivity index (χ0n) is 11.5. The maximum atomic E-state index is 12.0. The Balaban J connectivity index is 2.05. The largest absolute Gasteiger partial charge is 0.339 e. The third kappa shape index (κ3) is 2.33. The van der Waals surface area contributed by atoms with Crippen LogP contribution in [0, 0.1) is 17.0 Å². The van der Waals surface area contributed by atoms with Gasteiger partial charge >= 0.3 is 0 Å². The number of benzene rings is 2. The lowest BCUT2D eigenvalue weighted by molar-refractivity contribution is -0.384. The summed E-state index contributed by atoms with van der Waals surface area (Å²) in [7, 11) is -3.72. The minimum absolute atomic E-state index is 0.0807. The highest BCUT2D eigenvalue weighted by Gasteiger charge is 2.28. The van der Waals surface area contributed by atoms with Crippen molar-refractivity contribution in [3.05, 3.63) is 63.7 Å². The second-order valence-electron chi connectivity index (χ2n) is 4.79. The average Bonchev–Trinajstić information content (AvgIpc) is 2.73. The molecule has 0 unspecified atom stereocenters. The fourth-order valence-electron chi connectivity index (χ4n) is 2.18. The molecule has 112 valence electrons. The summed E-state index contributed by atoms with van der Waals surface area (Å²) in [6.45, 7) is 1.77. The van der Waals surface area contributed by atoms with Gasteiger partial charge in [-0.1, -0.05) is 18.2 Å². The Hall–Kier alpha value is -2.74. The van der Waals surface area contributed by atoms with Gasteiger partial charge in [0, 0.05) is 23.4 Å². The van der Waals surface area contributed by atoms with Crippen LogP contribution < -0.4 is 5.32 Å². The molecule has 1 aliphatic rings. The lowest BCUT2D eigenvalue weighted by Gasteiger charge is -2.09. The van der Waals surface area contributed by atoms with E-state index in [0.717, 1.165) is 5.56 Å². The summed E-state index contributed by atoms with van der Waals surface area (Å²) < 4.78 is 27.7. The van der Waals surface area contributed by atoms with E-state index in [4.69, 9.17) is 0 Å². The van der Waals surface area contributed by atoms with Crippen LogP contribution in [0.4, 0.5) is 11.4 Å². The number of aryl methyl sites for hydroxylation is 1. The molecule has 0 saturated carbocycles. The number of hydrogen-bond acceptors (Lipinski definition) is 5. The molecule has 2 aromatic rings. The number of nitrogens with zero attached hydrogens (tertiary/aromatic N) is 2. The monoisotopic (exact) mass is 317 g/mol. The van der Waals surface area contributed by atoms with Gasteiger partial charge in [-0.05, 0) is 24.6 Å². The summed E-state index contributed by atoms with van der Waals surface area (Å²) in [6.07, 6.45) is 0. The molecule has 1 heterocycles. The van der Waals surface area contributed by atoms with E-state index in [2.05, 4.69) is 9.71 Å². The van der Waals surface area contributed by atoms with E-state index in [1.54, 1.807) is 31.2 Å². The van der Waals surface area contributed by atoms with Crippen LogP contribution in [-0.2, 0) is 10.0 Å². The van der Waals surface area contributed by atoms with Gasteiger partial charge in [0.05, 0.1) is 4.92 Å². The lowest BCUT2D eigenvalue weighted by atomic mass is 10.1. The highest BCUT2D eigenvalue weighted by atomic mass is 32.2. The second-order valence-corrected chi connectivity index (χ2v) is 6.36. The van der Waals surface area contributed by atoms with Crippen LogP contribution in [0.15, 0.2) is 51.8 Å². The van der Waals surface area contributed by atoms with E-state index < -0.39 is 14.9 Å². The number of anilines is 1. The Morgan fingerprint density at radius 3 is 2.64 bits per heavy atom. The lowest BCUT2D eigenvalue weighted by Crippen LogP contribution is -2.12. The number of nitro benzene ring substituents is 1. The van der Waals surface area contributed by atoms with Crippen LogP contribution >= 0.6 is 0 Å². The highest BCUT2D eigenvalue weighted by molar-refractivity contribution is 7.90. The van der Waals surface area contributed by atoms with Crippen molar-refractivity contribution in [3.63, 3.8) is 0 Å². The van der Waals surface area contributed by atoms with E-state index in [9.17, 15) is 18.5 Å². The quantitative estimate of drug-likeness (QED) is 0.677. The standard InChI is InChI=1S/C14H11N3O4S/c1-9-6-7-10(17(18)19)8-12(9)15-14-11-4-2-3-5-13(11)22(20,21)16-14/h2-8H,1H3,(H,15,16). The number of rotatable bonds is 2. The smallest absolute Gasteiger partial charge is 0.285 e. The molecule has 0 aromatic heterocycles. The van der Waals surface area contributed by atoms with Crippen molar-refractivity contribution in [3.8, 4) is 0 Å². The van der Waals surface area contributed by atoms with E-state index in [1.165, 1.54) is 18.2 Å². The molecule has 3 rings (SSSR count). The van der Waals surface area contributed by atoms with Gasteiger partial charge in [0.2, 0.25) is 0 Å². The minimum atomic E-state index is -3.72. The van der Waals surface area contributed by atoms with E-state index in [-0.39, 0.29) is 16.4 Å². The van der Waals surface area contributed by atoms with E-state index >= 15 is 0 Å². The molecular formula is C14H11N3O4S. The van der Waals surface area contributed by atoms with Crippen molar-refractivity contribution in [2.24, 2.45) is 4.40 Å². The SMILES string of the molecule is Cc1ccc([N+](=O)[O-])cc1NC1=NS(=O)(=O)c2ccccc21. The number of nitrogens with one attached hydrogen (secondary N) is 1. The third-order valence-electron chi connectivity index (χ3n) is 3.32. The Bertz CT molecular complexity index is 919. The molecule has 0 atom stereocenters. The molecule has 22 heavy (non-hydrogen) atoms. The van der Waals surface area contributed by atoms with Crippen molar-refractivity contribution < 1.29 is 13.3 Å². The Morgan fingerprint density at radius 2 is 1.91 bits per heavy atom. The number of sulfonamides is 1. The molecular weight excluding hydrogens is 306 g/mol. The first-order chi connectivity index (χ1) is 10.4. The van der Waals surface area contributed by atoms with Gasteiger partial charge in [-0.25, -0.2) is 0 Å². The summed E-state index contributed by atoms with van der Waals surface area (Å²) in [5.74, 6) is 0.166. The molecule has 1 aliphatic heterocycles. The van der Waals surface area contributed by atoms with Gasteiger partial charge in [-0.2, -0.15) is 8.42 Å². The average molecular weight is 317 g/mol. The van der Waals surface area contributed by atoms with Crippen LogP contribution in [-0.4, -0.2) is 19.2 Å². The molecule has 0 bridgehead atoms. The van der Waals surface area contributed by atoms with Gasteiger partial charge in [0.25, 0.3) is 15.7 Å². The Kier molecular flexibility index (Phi) is 3.18. The van der Waals surface area contributed by atoms with Crippen molar-refractivity contribution in [2.45, 2.75) is 11.8 Å². The van der Waals surface area contributed by atoms with Gasteiger partial charge in [-0.3, -0.25) is 10.1 Å². The zero-order valence-corrected chi connectivity index (χ0v) is 12.3. The molecule has 0 aliphatic carbocycles. The molecule has 0 saturated heterocycles. The van der Waals surface area contributed by atoms with E-state index in [1.807, 2.05) is 0 Å². The van der Waals surface area contributed by atoms with E-state index in [0.29, 0.717) is 11.3 Å². The minimum Gasteiger partial charge on any atom is -0.339 e. The maximum Gasteiger partial charge on any atom is 0.285 e. The molecule has 0 amide bonds. The van der Waals surface area contributed by atoms with Gasteiger partial charge in [0.15, 0.2) is 5.84 Å². The van der Waals surface area contributed by atoms with Crippen molar-refractivity contribution in [1.82, 2.24) is 0 Å². The Morgan fingerprint density at radius 1 is 1.18 bits per heavy atom.